The van der Waals surface area contributed by atoms with E-state index in [1.54, 1.807) is 6.07 Å². The van der Waals surface area contributed by atoms with E-state index in [-0.39, 0.29) is 0 Å². The largest absolute Gasteiger partial charge is 0.508 e. The van der Waals surface area contributed by atoms with Crippen LogP contribution in [-0.2, 0) is 0 Å². The molecule has 0 spiro atoms. The first kappa shape index (κ1) is 12.8. The van der Waals surface area contributed by atoms with E-state index >= 15 is 0 Å². The minimum absolute atomic E-state index is 0.349. The van der Waals surface area contributed by atoms with E-state index in [2.05, 4.69) is 33.0 Å². The van der Waals surface area contributed by atoms with Crippen LogP contribution < -0.4 is 5.32 Å². The number of fused-ring (bicyclic) bond motifs is 2. The number of rotatable bonds is 2. The van der Waals surface area contributed by atoms with Crippen LogP contribution in [0.2, 0.25) is 0 Å². The van der Waals surface area contributed by atoms with Crippen LogP contribution in [0.4, 0.5) is 5.69 Å². The van der Waals surface area contributed by atoms with Crippen molar-refractivity contribution in [1.82, 2.24) is 0 Å². The van der Waals surface area contributed by atoms with Crippen molar-refractivity contribution in [3.8, 4) is 5.75 Å². The lowest BCUT2D eigenvalue weighted by atomic mass is 9.68. The van der Waals surface area contributed by atoms with Crippen LogP contribution in [0.15, 0.2) is 18.2 Å². The van der Waals surface area contributed by atoms with Crippen LogP contribution in [0.5, 0.6) is 5.75 Å². The minimum Gasteiger partial charge on any atom is -0.508 e. The van der Waals surface area contributed by atoms with Gasteiger partial charge in [-0.05, 0) is 66.7 Å². The predicted octanol–water partition coefficient (Wildman–Crippen LogP) is 4.33. The molecule has 19 heavy (non-hydrogen) atoms. The molecule has 3 unspecified atom stereocenters. The van der Waals surface area contributed by atoms with Crippen molar-refractivity contribution in [2.45, 2.75) is 53.0 Å². The Labute approximate surface area is 116 Å². The molecule has 2 bridgehead atoms. The monoisotopic (exact) mass is 259 g/mol. The first-order chi connectivity index (χ1) is 8.83. The average Bonchev–Trinajstić information content (AvgIpc) is 2.78. The zero-order valence-electron chi connectivity index (χ0n) is 12.5. The van der Waals surface area contributed by atoms with E-state index in [9.17, 15) is 5.11 Å². The molecular formula is C17H25NO. The molecule has 1 aromatic rings. The standard InChI is InChI=1S/C17H25NO/c1-11-9-13(19)5-6-14(11)18-15-16(2,3)12-7-8-17(15,4)10-12/h5-6,9,12,15,18-19H,7-8,10H2,1-4H3. The van der Waals surface area contributed by atoms with Crippen LogP contribution >= 0.6 is 0 Å². The summed E-state index contributed by atoms with van der Waals surface area (Å²) in [4.78, 5) is 0. The molecule has 1 aromatic carbocycles. The molecule has 2 heteroatoms. The number of phenolic OH excluding ortho intramolecular Hbond substituents is 1. The number of hydrogen-bond acceptors (Lipinski definition) is 2. The van der Waals surface area contributed by atoms with Crippen molar-refractivity contribution in [2.24, 2.45) is 16.7 Å². The fourth-order valence-electron chi connectivity index (χ4n) is 4.63. The van der Waals surface area contributed by atoms with Gasteiger partial charge in [-0.2, -0.15) is 0 Å². The van der Waals surface area contributed by atoms with Crippen molar-refractivity contribution < 1.29 is 5.11 Å². The normalized spacial score (nSPS) is 35.6. The molecule has 104 valence electrons. The second kappa shape index (κ2) is 3.91. The molecule has 2 fully saturated rings. The van der Waals surface area contributed by atoms with Crippen LogP contribution in [0.1, 0.15) is 45.6 Å². The number of nitrogens with one attached hydrogen (secondary N) is 1. The van der Waals surface area contributed by atoms with Crippen molar-refractivity contribution in [1.29, 1.82) is 0 Å². The molecule has 0 saturated heterocycles. The Bertz CT molecular complexity index is 503. The highest BCUT2D eigenvalue weighted by atomic mass is 16.3. The molecule has 2 aliphatic rings. The first-order valence-corrected chi connectivity index (χ1v) is 7.39. The molecule has 0 amide bonds. The van der Waals surface area contributed by atoms with Gasteiger partial charge in [0.1, 0.15) is 5.75 Å². The van der Waals surface area contributed by atoms with Gasteiger partial charge in [0.15, 0.2) is 0 Å². The highest BCUT2D eigenvalue weighted by molar-refractivity contribution is 5.55. The van der Waals surface area contributed by atoms with Gasteiger partial charge in [0.25, 0.3) is 0 Å². The summed E-state index contributed by atoms with van der Waals surface area (Å²) in [5.74, 6) is 1.20. The molecule has 0 aromatic heterocycles. The highest BCUT2D eigenvalue weighted by Crippen LogP contribution is 2.63. The van der Waals surface area contributed by atoms with Gasteiger partial charge in [-0.15, -0.1) is 0 Å². The fourth-order valence-corrected chi connectivity index (χ4v) is 4.63. The molecule has 2 saturated carbocycles. The summed E-state index contributed by atoms with van der Waals surface area (Å²) in [7, 11) is 0. The Hall–Kier alpha value is -1.18. The maximum atomic E-state index is 9.53. The van der Waals surface area contributed by atoms with Crippen molar-refractivity contribution >= 4 is 5.69 Å². The lowest BCUT2D eigenvalue weighted by Gasteiger charge is -2.44. The van der Waals surface area contributed by atoms with Gasteiger partial charge < -0.3 is 10.4 Å². The summed E-state index contributed by atoms with van der Waals surface area (Å²) in [6.07, 6.45) is 4.08. The molecule has 2 nitrogen and oxygen atoms in total. The number of benzene rings is 1. The molecule has 2 N–H and O–H groups in total. The zero-order valence-corrected chi connectivity index (χ0v) is 12.5. The predicted molar refractivity (Wildman–Crippen MR) is 79.5 cm³/mol. The molecule has 0 aliphatic heterocycles. The fraction of sp³-hybridized carbons (Fsp3) is 0.647. The molecule has 0 heterocycles. The summed E-state index contributed by atoms with van der Waals surface area (Å²) < 4.78 is 0. The summed E-state index contributed by atoms with van der Waals surface area (Å²) in [6.45, 7) is 9.32. The van der Waals surface area contributed by atoms with Gasteiger partial charge in [-0.1, -0.05) is 20.8 Å². The zero-order chi connectivity index (χ0) is 13.8. The quantitative estimate of drug-likeness (QED) is 0.775. The summed E-state index contributed by atoms with van der Waals surface area (Å²) in [6, 6.07) is 6.15. The van der Waals surface area contributed by atoms with Crippen molar-refractivity contribution in [2.75, 3.05) is 5.32 Å². The topological polar surface area (TPSA) is 32.3 Å². The third kappa shape index (κ3) is 1.84. The lowest BCUT2D eigenvalue weighted by molar-refractivity contribution is 0.155. The van der Waals surface area contributed by atoms with E-state index in [1.165, 1.54) is 24.9 Å². The summed E-state index contributed by atoms with van der Waals surface area (Å²) >= 11 is 0. The Morgan fingerprint density at radius 2 is 2.00 bits per heavy atom. The van der Waals surface area contributed by atoms with Crippen molar-refractivity contribution in [3.63, 3.8) is 0 Å². The third-order valence-corrected chi connectivity index (χ3v) is 5.78. The van der Waals surface area contributed by atoms with E-state index in [1.807, 2.05) is 12.1 Å². The number of hydrogen-bond donors (Lipinski definition) is 2. The Morgan fingerprint density at radius 3 is 2.58 bits per heavy atom. The number of aryl methyl sites for hydroxylation is 1. The molecule has 2 aliphatic carbocycles. The second-order valence-electron chi connectivity index (χ2n) is 7.49. The molecule has 3 rings (SSSR count). The Kier molecular flexibility index (Phi) is 2.64. The lowest BCUT2D eigenvalue weighted by Crippen LogP contribution is -2.45. The van der Waals surface area contributed by atoms with Gasteiger partial charge in [0, 0.05) is 11.7 Å². The smallest absolute Gasteiger partial charge is 0.115 e. The van der Waals surface area contributed by atoms with E-state index in [4.69, 9.17) is 0 Å². The van der Waals surface area contributed by atoms with Crippen LogP contribution in [0.25, 0.3) is 0 Å². The third-order valence-electron chi connectivity index (χ3n) is 5.78. The van der Waals surface area contributed by atoms with Gasteiger partial charge >= 0.3 is 0 Å². The SMILES string of the molecule is Cc1cc(O)ccc1NC1C2(C)CCC(C2)C1(C)C. The van der Waals surface area contributed by atoms with Gasteiger partial charge in [0.05, 0.1) is 0 Å². The van der Waals surface area contributed by atoms with Crippen molar-refractivity contribution in [3.05, 3.63) is 23.8 Å². The number of phenols is 1. The Morgan fingerprint density at radius 1 is 1.26 bits per heavy atom. The molecular weight excluding hydrogens is 234 g/mol. The molecule has 0 radical (unpaired) electrons. The van der Waals surface area contributed by atoms with E-state index in [0.29, 0.717) is 22.6 Å². The van der Waals surface area contributed by atoms with Crippen LogP contribution in [0.3, 0.4) is 0 Å². The van der Waals surface area contributed by atoms with Crippen LogP contribution in [-0.4, -0.2) is 11.1 Å². The second-order valence-corrected chi connectivity index (χ2v) is 7.49. The van der Waals surface area contributed by atoms with E-state index < -0.39 is 0 Å². The Balaban J connectivity index is 1.90. The van der Waals surface area contributed by atoms with E-state index in [0.717, 1.165) is 11.5 Å². The number of aromatic hydroxyl groups is 1. The van der Waals surface area contributed by atoms with Gasteiger partial charge in [-0.25, -0.2) is 0 Å². The minimum atomic E-state index is 0.349. The highest BCUT2D eigenvalue weighted by Gasteiger charge is 2.59. The summed E-state index contributed by atoms with van der Waals surface area (Å²) in [5.41, 5.74) is 3.09. The van der Waals surface area contributed by atoms with Gasteiger partial charge in [-0.3, -0.25) is 0 Å². The first-order valence-electron chi connectivity index (χ1n) is 7.39. The summed E-state index contributed by atoms with van der Waals surface area (Å²) in [5, 5.41) is 13.3. The maximum Gasteiger partial charge on any atom is 0.115 e. The maximum absolute atomic E-state index is 9.53. The van der Waals surface area contributed by atoms with Crippen LogP contribution in [0, 0.1) is 23.7 Å². The number of anilines is 1. The molecule has 3 atom stereocenters. The average molecular weight is 259 g/mol. The van der Waals surface area contributed by atoms with Gasteiger partial charge in [0.2, 0.25) is 0 Å².